The third kappa shape index (κ3) is 2.66. The van der Waals surface area contributed by atoms with E-state index in [0.717, 1.165) is 49.7 Å². The number of fused-ring (bicyclic) bond motifs is 1. The Balaban J connectivity index is 1.40. The summed E-state index contributed by atoms with van der Waals surface area (Å²) in [7, 11) is 0. The molecule has 0 bridgehead atoms. The van der Waals surface area contributed by atoms with Gasteiger partial charge in [-0.15, -0.1) is 10.2 Å². The topological polar surface area (TPSA) is 80.1 Å². The summed E-state index contributed by atoms with van der Waals surface area (Å²) >= 11 is 0. The van der Waals surface area contributed by atoms with E-state index in [2.05, 4.69) is 20.1 Å². The van der Waals surface area contributed by atoms with Gasteiger partial charge in [0.1, 0.15) is 5.82 Å². The Morgan fingerprint density at radius 2 is 1.88 bits per heavy atom. The summed E-state index contributed by atoms with van der Waals surface area (Å²) in [5.41, 5.74) is 1.43. The Bertz CT molecular complexity index is 781. The molecule has 0 atom stereocenters. The number of amides is 2. The molecule has 1 saturated heterocycles. The van der Waals surface area contributed by atoms with E-state index in [4.69, 9.17) is 0 Å². The largest absolute Gasteiger partial charge is 0.345 e. The molecule has 0 aliphatic carbocycles. The van der Waals surface area contributed by atoms with Crippen LogP contribution in [0.3, 0.4) is 0 Å². The van der Waals surface area contributed by atoms with E-state index in [1.165, 1.54) is 0 Å². The van der Waals surface area contributed by atoms with Gasteiger partial charge in [0.25, 0.3) is 5.91 Å². The average molecular weight is 325 g/mol. The second kappa shape index (κ2) is 6.07. The highest BCUT2D eigenvalue weighted by molar-refractivity contribution is 5.97. The first-order valence-electron chi connectivity index (χ1n) is 8.32. The molecule has 2 aliphatic rings. The van der Waals surface area contributed by atoms with Crippen molar-refractivity contribution in [3.05, 3.63) is 41.5 Å². The smallest absolute Gasteiger partial charge is 0.251 e. The molecule has 2 amide bonds. The Hall–Kier alpha value is -2.70. The maximum Gasteiger partial charge on any atom is 0.251 e. The number of carbonyl (C=O) groups excluding carboxylic acids is 2. The van der Waals surface area contributed by atoms with Gasteiger partial charge in [0, 0.05) is 37.2 Å². The zero-order valence-electron chi connectivity index (χ0n) is 13.4. The van der Waals surface area contributed by atoms with Crippen LogP contribution in [0.2, 0.25) is 0 Å². The average Bonchev–Trinajstić information content (AvgIpc) is 3.30. The third-order valence-electron chi connectivity index (χ3n) is 4.61. The van der Waals surface area contributed by atoms with Crippen molar-refractivity contribution in [2.75, 3.05) is 11.4 Å². The van der Waals surface area contributed by atoms with Crippen LogP contribution in [0.1, 0.15) is 41.3 Å². The molecule has 7 nitrogen and oxygen atoms in total. The maximum absolute atomic E-state index is 12.3. The van der Waals surface area contributed by atoms with Gasteiger partial charge < -0.3 is 14.8 Å². The molecule has 1 N–H and O–H groups in total. The molecule has 3 heterocycles. The van der Waals surface area contributed by atoms with E-state index >= 15 is 0 Å². The van der Waals surface area contributed by atoms with Gasteiger partial charge in [0.15, 0.2) is 5.82 Å². The van der Waals surface area contributed by atoms with E-state index in [0.29, 0.717) is 18.5 Å². The number of benzene rings is 1. The number of carbonyl (C=O) groups is 2. The quantitative estimate of drug-likeness (QED) is 0.918. The van der Waals surface area contributed by atoms with E-state index in [9.17, 15) is 9.59 Å². The normalized spacial score (nSPS) is 16.5. The van der Waals surface area contributed by atoms with Crippen molar-refractivity contribution in [3.63, 3.8) is 0 Å². The first kappa shape index (κ1) is 14.9. The summed E-state index contributed by atoms with van der Waals surface area (Å²) in [4.78, 5) is 25.8. The van der Waals surface area contributed by atoms with Crippen molar-refractivity contribution in [2.24, 2.45) is 0 Å². The number of anilines is 1. The summed E-state index contributed by atoms with van der Waals surface area (Å²) in [5.74, 6) is 1.80. The fourth-order valence-electron chi connectivity index (χ4n) is 3.32. The fourth-order valence-corrected chi connectivity index (χ4v) is 3.32. The van der Waals surface area contributed by atoms with Crippen LogP contribution in [0.4, 0.5) is 5.69 Å². The minimum atomic E-state index is -0.148. The molecule has 0 spiro atoms. The number of nitrogens with one attached hydrogen (secondary N) is 1. The van der Waals surface area contributed by atoms with Crippen LogP contribution in [-0.4, -0.2) is 33.1 Å². The van der Waals surface area contributed by atoms with Crippen molar-refractivity contribution in [2.45, 2.75) is 38.8 Å². The molecule has 0 saturated carbocycles. The molecule has 0 unspecified atom stereocenters. The molecule has 124 valence electrons. The van der Waals surface area contributed by atoms with Crippen molar-refractivity contribution in [1.82, 2.24) is 20.1 Å². The zero-order valence-corrected chi connectivity index (χ0v) is 13.4. The first-order valence-corrected chi connectivity index (χ1v) is 8.32. The molecule has 2 aliphatic heterocycles. The SMILES string of the molecule is O=C(NCc1nnc2n1CCC2)c1ccc(N2CCCC2=O)cc1. The van der Waals surface area contributed by atoms with Crippen molar-refractivity contribution >= 4 is 17.5 Å². The summed E-state index contributed by atoms with van der Waals surface area (Å²) < 4.78 is 2.07. The molecule has 2 aromatic rings. The Morgan fingerprint density at radius 3 is 2.62 bits per heavy atom. The second-order valence-corrected chi connectivity index (χ2v) is 6.17. The molecule has 24 heavy (non-hydrogen) atoms. The monoisotopic (exact) mass is 325 g/mol. The van der Waals surface area contributed by atoms with Gasteiger partial charge in [-0.25, -0.2) is 0 Å². The highest BCUT2D eigenvalue weighted by atomic mass is 16.2. The molecule has 7 heteroatoms. The fraction of sp³-hybridized carbons (Fsp3) is 0.412. The Morgan fingerprint density at radius 1 is 1.08 bits per heavy atom. The highest BCUT2D eigenvalue weighted by Crippen LogP contribution is 2.21. The number of aromatic nitrogens is 3. The van der Waals surface area contributed by atoms with Gasteiger partial charge in [-0.2, -0.15) is 0 Å². The summed E-state index contributed by atoms with van der Waals surface area (Å²) in [6, 6.07) is 7.16. The van der Waals surface area contributed by atoms with Gasteiger partial charge >= 0.3 is 0 Å². The second-order valence-electron chi connectivity index (χ2n) is 6.17. The molecule has 1 fully saturated rings. The predicted molar refractivity (Wildman–Crippen MR) is 87.5 cm³/mol. The van der Waals surface area contributed by atoms with Gasteiger partial charge in [-0.1, -0.05) is 0 Å². The molecule has 1 aromatic heterocycles. The number of hydrogen-bond donors (Lipinski definition) is 1. The lowest BCUT2D eigenvalue weighted by molar-refractivity contribution is -0.117. The lowest BCUT2D eigenvalue weighted by Crippen LogP contribution is -2.25. The number of nitrogens with zero attached hydrogens (tertiary/aromatic N) is 4. The maximum atomic E-state index is 12.3. The summed E-state index contributed by atoms with van der Waals surface area (Å²) in [6.45, 7) is 2.05. The van der Waals surface area contributed by atoms with Crippen molar-refractivity contribution in [1.29, 1.82) is 0 Å². The van der Waals surface area contributed by atoms with Crippen LogP contribution in [0.25, 0.3) is 0 Å². The first-order chi connectivity index (χ1) is 11.7. The van der Waals surface area contributed by atoms with Crippen LogP contribution in [-0.2, 0) is 24.3 Å². The van der Waals surface area contributed by atoms with E-state index in [1.807, 2.05) is 12.1 Å². The van der Waals surface area contributed by atoms with Gasteiger partial charge in [-0.05, 0) is 37.1 Å². The van der Waals surface area contributed by atoms with Crippen LogP contribution >= 0.6 is 0 Å². The Kier molecular flexibility index (Phi) is 3.76. The lowest BCUT2D eigenvalue weighted by Gasteiger charge is -2.15. The molecule has 1 aromatic carbocycles. The molecule has 0 radical (unpaired) electrons. The standard InChI is InChI=1S/C17H19N5O2/c23-16-4-2-9-21(16)13-7-5-12(6-8-13)17(24)18-11-15-20-19-14-3-1-10-22(14)15/h5-8H,1-4,9-11H2,(H,18,24). The van der Waals surface area contributed by atoms with Crippen LogP contribution in [0.15, 0.2) is 24.3 Å². The highest BCUT2D eigenvalue weighted by Gasteiger charge is 2.22. The number of aryl methyl sites for hydroxylation is 1. The predicted octanol–water partition coefficient (Wildman–Crippen LogP) is 1.28. The molecular weight excluding hydrogens is 306 g/mol. The zero-order chi connectivity index (χ0) is 16.5. The number of hydrogen-bond acceptors (Lipinski definition) is 4. The van der Waals surface area contributed by atoms with Crippen molar-refractivity contribution in [3.8, 4) is 0 Å². The summed E-state index contributed by atoms with van der Waals surface area (Å²) in [5, 5.41) is 11.2. The third-order valence-corrected chi connectivity index (χ3v) is 4.61. The Labute approximate surface area is 139 Å². The van der Waals surface area contributed by atoms with Gasteiger partial charge in [-0.3, -0.25) is 9.59 Å². The van der Waals surface area contributed by atoms with Crippen LogP contribution in [0, 0.1) is 0 Å². The van der Waals surface area contributed by atoms with Gasteiger partial charge in [0.05, 0.1) is 6.54 Å². The summed E-state index contributed by atoms with van der Waals surface area (Å²) in [6.07, 6.45) is 3.54. The van der Waals surface area contributed by atoms with Crippen molar-refractivity contribution < 1.29 is 9.59 Å². The minimum Gasteiger partial charge on any atom is -0.345 e. The van der Waals surface area contributed by atoms with E-state index in [-0.39, 0.29) is 11.8 Å². The number of rotatable bonds is 4. The molecule has 4 rings (SSSR count). The van der Waals surface area contributed by atoms with Crippen LogP contribution in [0.5, 0.6) is 0 Å². The van der Waals surface area contributed by atoms with Gasteiger partial charge in [0.2, 0.25) is 5.91 Å². The van der Waals surface area contributed by atoms with Crippen LogP contribution < -0.4 is 10.2 Å². The lowest BCUT2D eigenvalue weighted by atomic mass is 10.2. The minimum absolute atomic E-state index is 0.146. The van der Waals surface area contributed by atoms with E-state index in [1.54, 1.807) is 17.0 Å². The van der Waals surface area contributed by atoms with E-state index < -0.39 is 0 Å². The molecular formula is C17H19N5O2.